The van der Waals surface area contributed by atoms with Crippen LogP contribution in [0.25, 0.3) is 0 Å². The molecule has 1 aromatic heterocycles. The van der Waals surface area contributed by atoms with Gasteiger partial charge in [0.1, 0.15) is 24.1 Å². The van der Waals surface area contributed by atoms with Crippen molar-refractivity contribution in [2.24, 2.45) is 0 Å². The van der Waals surface area contributed by atoms with Crippen molar-refractivity contribution in [3.05, 3.63) is 47.3 Å². The molecular weight excluding hydrogens is 242 g/mol. The van der Waals surface area contributed by atoms with Gasteiger partial charge in [0.2, 0.25) is 0 Å². The van der Waals surface area contributed by atoms with E-state index in [1.54, 1.807) is 20.1 Å². The number of rotatable bonds is 4. The Kier molecular flexibility index (Phi) is 3.94. The molecule has 0 aliphatic heterocycles. The van der Waals surface area contributed by atoms with Crippen molar-refractivity contribution in [2.75, 3.05) is 7.11 Å². The van der Waals surface area contributed by atoms with Crippen molar-refractivity contribution < 1.29 is 9.47 Å². The van der Waals surface area contributed by atoms with Gasteiger partial charge in [-0.25, -0.2) is 4.98 Å². The Hall–Kier alpha value is -2.61. The van der Waals surface area contributed by atoms with Crippen molar-refractivity contribution in [1.29, 1.82) is 5.26 Å². The maximum Gasteiger partial charge on any atom is 0.318 e. The highest BCUT2D eigenvalue weighted by atomic mass is 16.5. The van der Waals surface area contributed by atoms with Crippen LogP contribution in [0.3, 0.4) is 0 Å². The van der Waals surface area contributed by atoms with E-state index in [9.17, 15) is 0 Å². The molecule has 0 spiro atoms. The van der Waals surface area contributed by atoms with Gasteiger partial charge in [-0.05, 0) is 30.7 Å². The van der Waals surface area contributed by atoms with Crippen molar-refractivity contribution in [3.8, 4) is 17.8 Å². The minimum absolute atomic E-state index is 0.215. The lowest BCUT2D eigenvalue weighted by molar-refractivity contribution is 0.279. The molecule has 5 heteroatoms. The summed E-state index contributed by atoms with van der Waals surface area (Å²) in [4.78, 5) is 8.10. The maximum absolute atomic E-state index is 8.82. The Morgan fingerprint density at radius 2 is 1.95 bits per heavy atom. The number of hydrogen-bond donors (Lipinski definition) is 0. The normalized spacial score (nSPS) is 9.74. The Bertz CT molecular complexity index is 603. The average Bonchev–Trinajstić information content (AvgIpc) is 2.45. The van der Waals surface area contributed by atoms with E-state index in [1.807, 2.05) is 30.3 Å². The summed E-state index contributed by atoms with van der Waals surface area (Å²) in [6.45, 7) is 2.14. The van der Waals surface area contributed by atoms with E-state index < -0.39 is 0 Å². The van der Waals surface area contributed by atoms with Gasteiger partial charge in [-0.2, -0.15) is 10.2 Å². The molecule has 2 rings (SSSR count). The minimum atomic E-state index is 0.215. The molecule has 0 bridgehead atoms. The number of nitrogens with zero attached hydrogens (tertiary/aromatic N) is 3. The molecular formula is C14H13N3O2. The number of benzene rings is 1. The van der Waals surface area contributed by atoms with Crippen LogP contribution in [0.1, 0.15) is 17.0 Å². The van der Waals surface area contributed by atoms with Gasteiger partial charge in [0.25, 0.3) is 0 Å². The number of aryl methyl sites for hydroxylation is 1. The molecule has 0 saturated carbocycles. The van der Waals surface area contributed by atoms with Crippen LogP contribution in [0.4, 0.5) is 0 Å². The fourth-order valence-corrected chi connectivity index (χ4v) is 1.53. The molecule has 0 atom stereocenters. The summed E-state index contributed by atoms with van der Waals surface area (Å²) in [6.07, 6.45) is 0. The zero-order chi connectivity index (χ0) is 13.7. The van der Waals surface area contributed by atoms with Gasteiger partial charge in [-0.1, -0.05) is 12.1 Å². The molecule has 0 saturated heterocycles. The summed E-state index contributed by atoms with van der Waals surface area (Å²) in [5, 5.41) is 8.82. The SMILES string of the molecule is COc1ccc(COc2nc(C)cc(C#N)n2)cc1. The third kappa shape index (κ3) is 3.42. The van der Waals surface area contributed by atoms with Crippen molar-refractivity contribution >= 4 is 0 Å². The van der Waals surface area contributed by atoms with Crippen LogP contribution in [-0.4, -0.2) is 17.1 Å². The van der Waals surface area contributed by atoms with Gasteiger partial charge in [-0.3, -0.25) is 0 Å². The van der Waals surface area contributed by atoms with Crippen LogP contribution in [0.5, 0.6) is 11.8 Å². The Morgan fingerprint density at radius 1 is 1.21 bits per heavy atom. The van der Waals surface area contributed by atoms with Gasteiger partial charge in [0, 0.05) is 5.69 Å². The van der Waals surface area contributed by atoms with Crippen molar-refractivity contribution in [3.63, 3.8) is 0 Å². The monoisotopic (exact) mass is 255 g/mol. The van der Waals surface area contributed by atoms with E-state index in [4.69, 9.17) is 14.7 Å². The second kappa shape index (κ2) is 5.83. The quantitative estimate of drug-likeness (QED) is 0.838. The van der Waals surface area contributed by atoms with E-state index in [0.717, 1.165) is 11.3 Å². The smallest absolute Gasteiger partial charge is 0.318 e. The molecule has 1 aromatic carbocycles. The van der Waals surface area contributed by atoms with E-state index >= 15 is 0 Å². The predicted molar refractivity (Wildman–Crippen MR) is 68.8 cm³/mol. The van der Waals surface area contributed by atoms with E-state index in [0.29, 0.717) is 18.0 Å². The lowest BCUT2D eigenvalue weighted by Gasteiger charge is -2.06. The maximum atomic E-state index is 8.82. The van der Waals surface area contributed by atoms with Gasteiger partial charge in [0.15, 0.2) is 0 Å². The first kappa shape index (κ1) is 12.8. The van der Waals surface area contributed by atoms with E-state index in [2.05, 4.69) is 9.97 Å². The lowest BCUT2D eigenvalue weighted by atomic mass is 10.2. The summed E-state index contributed by atoms with van der Waals surface area (Å²) >= 11 is 0. The van der Waals surface area contributed by atoms with Crippen LogP contribution >= 0.6 is 0 Å². The third-order valence-corrected chi connectivity index (χ3v) is 2.48. The molecule has 19 heavy (non-hydrogen) atoms. The fourth-order valence-electron chi connectivity index (χ4n) is 1.53. The van der Waals surface area contributed by atoms with Crippen LogP contribution in [-0.2, 0) is 6.61 Å². The summed E-state index contributed by atoms with van der Waals surface area (Å²) < 4.78 is 10.6. The molecule has 0 aliphatic carbocycles. The fraction of sp³-hybridized carbons (Fsp3) is 0.214. The number of methoxy groups -OCH3 is 1. The first-order valence-corrected chi connectivity index (χ1v) is 5.73. The Labute approximate surface area is 111 Å². The molecule has 96 valence electrons. The molecule has 0 N–H and O–H groups in total. The first-order valence-electron chi connectivity index (χ1n) is 5.73. The molecule has 5 nitrogen and oxygen atoms in total. The molecule has 0 aliphatic rings. The molecule has 2 aromatic rings. The largest absolute Gasteiger partial charge is 0.497 e. The molecule has 0 radical (unpaired) electrons. The highest BCUT2D eigenvalue weighted by Gasteiger charge is 2.03. The zero-order valence-electron chi connectivity index (χ0n) is 10.8. The minimum Gasteiger partial charge on any atom is -0.497 e. The summed E-state index contributed by atoms with van der Waals surface area (Å²) in [6, 6.07) is 11.3. The van der Waals surface area contributed by atoms with Crippen LogP contribution < -0.4 is 9.47 Å². The topological polar surface area (TPSA) is 68.0 Å². The standard InChI is InChI=1S/C14H13N3O2/c1-10-7-12(8-15)17-14(16-10)19-9-11-3-5-13(18-2)6-4-11/h3-7H,9H2,1-2H3. The molecule has 0 unspecified atom stereocenters. The second-order valence-electron chi connectivity index (χ2n) is 3.93. The van der Waals surface area contributed by atoms with Crippen LogP contribution in [0, 0.1) is 18.3 Å². The predicted octanol–water partition coefficient (Wildman–Crippen LogP) is 2.24. The number of ether oxygens (including phenoxy) is 2. The first-order chi connectivity index (χ1) is 9.21. The number of aromatic nitrogens is 2. The molecule has 0 fully saturated rings. The zero-order valence-corrected chi connectivity index (χ0v) is 10.8. The number of nitriles is 1. The van der Waals surface area contributed by atoms with Gasteiger partial charge < -0.3 is 9.47 Å². The molecule has 0 amide bonds. The Morgan fingerprint density at radius 3 is 2.58 bits per heavy atom. The average molecular weight is 255 g/mol. The lowest BCUT2D eigenvalue weighted by Crippen LogP contribution is -2.01. The summed E-state index contributed by atoms with van der Waals surface area (Å²) in [5.74, 6) is 0.794. The van der Waals surface area contributed by atoms with E-state index in [-0.39, 0.29) is 6.01 Å². The van der Waals surface area contributed by atoms with E-state index in [1.165, 1.54) is 0 Å². The highest BCUT2D eigenvalue weighted by molar-refractivity contribution is 5.27. The van der Waals surface area contributed by atoms with Crippen molar-refractivity contribution in [1.82, 2.24) is 9.97 Å². The Balaban J connectivity index is 2.05. The second-order valence-corrected chi connectivity index (χ2v) is 3.93. The van der Waals surface area contributed by atoms with Gasteiger partial charge in [0.05, 0.1) is 7.11 Å². The van der Waals surface area contributed by atoms with Gasteiger partial charge >= 0.3 is 6.01 Å². The highest BCUT2D eigenvalue weighted by Crippen LogP contribution is 2.13. The summed E-state index contributed by atoms with van der Waals surface area (Å²) in [5.41, 5.74) is 1.98. The summed E-state index contributed by atoms with van der Waals surface area (Å²) in [7, 11) is 1.62. The van der Waals surface area contributed by atoms with Crippen molar-refractivity contribution in [2.45, 2.75) is 13.5 Å². The number of hydrogen-bond acceptors (Lipinski definition) is 5. The van der Waals surface area contributed by atoms with Crippen LogP contribution in [0.2, 0.25) is 0 Å². The molecule has 1 heterocycles. The third-order valence-electron chi connectivity index (χ3n) is 2.48. The van der Waals surface area contributed by atoms with Crippen LogP contribution in [0.15, 0.2) is 30.3 Å². The van der Waals surface area contributed by atoms with Gasteiger partial charge in [-0.15, -0.1) is 0 Å².